The molecule has 186 valence electrons. The van der Waals surface area contributed by atoms with Gasteiger partial charge < -0.3 is 24.4 Å². The van der Waals surface area contributed by atoms with Crippen molar-refractivity contribution in [3.05, 3.63) is 46.0 Å². The average molecular weight is 518 g/mol. The maximum absolute atomic E-state index is 13.0. The van der Waals surface area contributed by atoms with Crippen molar-refractivity contribution in [1.29, 1.82) is 0 Å². The van der Waals surface area contributed by atoms with Crippen molar-refractivity contribution in [3.8, 4) is 0 Å². The highest BCUT2D eigenvalue weighted by molar-refractivity contribution is 8.00. The summed E-state index contributed by atoms with van der Waals surface area (Å²) in [6.45, 7) is 3.98. The smallest absolute Gasteiger partial charge is 0.341 e. The minimum Gasteiger partial charge on any atom is -0.462 e. The second-order valence-electron chi connectivity index (χ2n) is 8.00. The molecule has 1 unspecified atom stereocenters. The van der Waals surface area contributed by atoms with Crippen molar-refractivity contribution in [2.45, 2.75) is 56.5 Å². The van der Waals surface area contributed by atoms with Crippen molar-refractivity contribution in [3.63, 3.8) is 0 Å². The standard InChI is InChI=1S/C23H27N5O5S2/c1-4-32-22(31)18-14-8-5-6-10-16(14)35-21(18)25-19(29)13(2)34-23-27-26-17(28(23)3)12-24-20(30)15-9-7-11-33-15/h7,9,11,13H,4-6,8,10,12H2,1-3H3,(H,24,30)(H,25,29). The third-order valence-electron chi connectivity index (χ3n) is 5.62. The second kappa shape index (κ2) is 11.1. The van der Waals surface area contributed by atoms with Crippen molar-refractivity contribution < 1.29 is 23.5 Å². The van der Waals surface area contributed by atoms with Crippen molar-refractivity contribution in [2.24, 2.45) is 7.05 Å². The third kappa shape index (κ3) is 5.59. The van der Waals surface area contributed by atoms with Crippen LogP contribution in [0.25, 0.3) is 0 Å². The molecule has 0 saturated heterocycles. The Morgan fingerprint density at radius 1 is 1.29 bits per heavy atom. The molecule has 12 heteroatoms. The van der Waals surface area contributed by atoms with E-state index in [1.165, 1.54) is 29.4 Å². The van der Waals surface area contributed by atoms with Crippen LogP contribution in [0, 0.1) is 0 Å². The van der Waals surface area contributed by atoms with Crippen LogP contribution in [0.1, 0.15) is 63.9 Å². The van der Waals surface area contributed by atoms with Gasteiger partial charge in [-0.1, -0.05) is 11.8 Å². The minimum absolute atomic E-state index is 0.161. The summed E-state index contributed by atoms with van der Waals surface area (Å²) in [5, 5.41) is 14.5. The highest BCUT2D eigenvalue weighted by Gasteiger charge is 2.28. The van der Waals surface area contributed by atoms with Crippen molar-refractivity contribution in [2.75, 3.05) is 11.9 Å². The molecule has 0 aliphatic heterocycles. The first-order chi connectivity index (χ1) is 16.9. The van der Waals surface area contributed by atoms with Crippen LogP contribution in [0.3, 0.4) is 0 Å². The lowest BCUT2D eigenvalue weighted by Crippen LogP contribution is -2.24. The van der Waals surface area contributed by atoms with Gasteiger partial charge in [0, 0.05) is 11.9 Å². The van der Waals surface area contributed by atoms with Crippen LogP contribution in [-0.4, -0.2) is 44.4 Å². The Bertz CT molecular complexity index is 1220. The van der Waals surface area contributed by atoms with Crippen molar-refractivity contribution in [1.82, 2.24) is 20.1 Å². The number of carbonyl (C=O) groups is 3. The molecule has 1 aliphatic rings. The highest BCUT2D eigenvalue weighted by Crippen LogP contribution is 2.39. The fourth-order valence-corrected chi connectivity index (χ4v) is 5.87. The van der Waals surface area contributed by atoms with Crippen LogP contribution >= 0.6 is 23.1 Å². The number of aryl methyl sites for hydroxylation is 1. The predicted octanol–water partition coefficient (Wildman–Crippen LogP) is 3.57. The Labute approximate surface area is 210 Å². The number of amides is 2. The van der Waals surface area contributed by atoms with Gasteiger partial charge in [-0.15, -0.1) is 21.5 Å². The predicted molar refractivity (Wildman–Crippen MR) is 132 cm³/mol. The zero-order valence-corrected chi connectivity index (χ0v) is 21.4. The minimum atomic E-state index is -0.502. The number of ether oxygens (including phenoxy) is 1. The zero-order chi connectivity index (χ0) is 24.9. The van der Waals surface area contributed by atoms with Crippen LogP contribution in [0.5, 0.6) is 0 Å². The normalized spacial score (nSPS) is 13.7. The first-order valence-electron chi connectivity index (χ1n) is 11.4. The number of thiophene rings is 1. The number of nitrogens with one attached hydrogen (secondary N) is 2. The molecule has 0 bridgehead atoms. The zero-order valence-electron chi connectivity index (χ0n) is 19.8. The molecule has 2 N–H and O–H groups in total. The Morgan fingerprint density at radius 2 is 2.09 bits per heavy atom. The van der Waals surface area contributed by atoms with Crippen LogP contribution in [0.15, 0.2) is 28.0 Å². The Balaban J connectivity index is 1.41. The van der Waals surface area contributed by atoms with E-state index in [1.807, 2.05) is 0 Å². The molecule has 3 aromatic heterocycles. The second-order valence-corrected chi connectivity index (χ2v) is 10.4. The van der Waals surface area contributed by atoms with E-state index in [0.29, 0.717) is 21.5 Å². The van der Waals surface area contributed by atoms with Gasteiger partial charge in [0.05, 0.1) is 30.2 Å². The molecule has 0 fully saturated rings. The number of hydrogen-bond donors (Lipinski definition) is 2. The quantitative estimate of drug-likeness (QED) is 0.326. The monoisotopic (exact) mass is 517 g/mol. The fourth-order valence-electron chi connectivity index (χ4n) is 3.75. The van der Waals surface area contributed by atoms with Crippen LogP contribution in [0.4, 0.5) is 5.00 Å². The van der Waals surface area contributed by atoms with Gasteiger partial charge in [0.2, 0.25) is 5.91 Å². The van der Waals surface area contributed by atoms with Crippen LogP contribution < -0.4 is 10.6 Å². The van der Waals surface area contributed by atoms with Gasteiger partial charge >= 0.3 is 5.97 Å². The lowest BCUT2D eigenvalue weighted by atomic mass is 9.95. The molecular formula is C23H27N5O5S2. The van der Waals surface area contributed by atoms with Gasteiger partial charge in [-0.05, 0) is 57.2 Å². The SMILES string of the molecule is CCOC(=O)c1c(NC(=O)C(C)Sc2nnc(CNC(=O)c3ccco3)n2C)sc2c1CCCC2. The number of fused-ring (bicyclic) bond motifs is 1. The number of rotatable bonds is 9. The first kappa shape index (κ1) is 25.0. The number of aromatic nitrogens is 3. The highest BCUT2D eigenvalue weighted by atomic mass is 32.2. The van der Waals surface area contributed by atoms with Gasteiger partial charge in [-0.3, -0.25) is 9.59 Å². The van der Waals surface area contributed by atoms with E-state index in [-0.39, 0.29) is 30.7 Å². The number of furan rings is 1. The summed E-state index contributed by atoms with van der Waals surface area (Å²) in [6.07, 6.45) is 5.25. The molecular weight excluding hydrogens is 490 g/mol. The Morgan fingerprint density at radius 3 is 2.83 bits per heavy atom. The number of esters is 1. The van der Waals surface area contributed by atoms with E-state index in [9.17, 15) is 14.4 Å². The Hall–Kier alpha value is -3.12. The average Bonchev–Trinajstić information content (AvgIpc) is 3.57. The third-order valence-corrected chi connectivity index (χ3v) is 7.96. The molecule has 4 rings (SSSR count). The van der Waals surface area contributed by atoms with Crippen LogP contribution in [0.2, 0.25) is 0 Å². The lowest BCUT2D eigenvalue weighted by Gasteiger charge is -2.13. The molecule has 0 saturated carbocycles. The van der Waals surface area contributed by atoms with Gasteiger partial charge in [-0.2, -0.15) is 0 Å². The van der Waals surface area contributed by atoms with Crippen LogP contribution in [-0.2, 0) is 36.0 Å². The maximum Gasteiger partial charge on any atom is 0.341 e. The van der Waals surface area contributed by atoms with E-state index in [4.69, 9.17) is 9.15 Å². The largest absolute Gasteiger partial charge is 0.462 e. The van der Waals surface area contributed by atoms with E-state index in [2.05, 4.69) is 20.8 Å². The topological polar surface area (TPSA) is 128 Å². The van der Waals surface area contributed by atoms with E-state index >= 15 is 0 Å². The van der Waals surface area contributed by atoms with E-state index in [1.54, 1.807) is 37.6 Å². The van der Waals surface area contributed by atoms with Gasteiger partial charge in [0.1, 0.15) is 5.00 Å². The van der Waals surface area contributed by atoms with Gasteiger partial charge in [-0.25, -0.2) is 4.79 Å². The maximum atomic E-state index is 13.0. The van der Waals surface area contributed by atoms with Gasteiger partial charge in [0.25, 0.3) is 5.91 Å². The molecule has 2 amide bonds. The van der Waals surface area contributed by atoms with Gasteiger partial charge in [0.15, 0.2) is 16.7 Å². The van der Waals surface area contributed by atoms with E-state index in [0.717, 1.165) is 36.1 Å². The van der Waals surface area contributed by atoms with Crippen molar-refractivity contribution >= 4 is 45.9 Å². The summed E-state index contributed by atoms with van der Waals surface area (Å²) < 4.78 is 12.1. The molecule has 0 spiro atoms. The Kier molecular flexibility index (Phi) is 7.91. The summed E-state index contributed by atoms with van der Waals surface area (Å²) in [7, 11) is 1.77. The number of thioether (sulfide) groups is 1. The van der Waals surface area contributed by atoms with E-state index < -0.39 is 11.2 Å². The molecule has 35 heavy (non-hydrogen) atoms. The molecule has 0 aromatic carbocycles. The summed E-state index contributed by atoms with van der Waals surface area (Å²) >= 11 is 2.70. The summed E-state index contributed by atoms with van der Waals surface area (Å²) in [5.41, 5.74) is 1.50. The first-order valence-corrected chi connectivity index (χ1v) is 13.1. The summed E-state index contributed by atoms with van der Waals surface area (Å²) in [5.74, 6) is -0.233. The molecule has 3 heterocycles. The molecule has 0 radical (unpaired) electrons. The molecule has 1 aliphatic carbocycles. The molecule has 1 atom stereocenters. The summed E-state index contributed by atoms with van der Waals surface area (Å²) in [6, 6.07) is 3.21. The number of hydrogen-bond acceptors (Lipinski definition) is 9. The number of nitrogens with zero attached hydrogens (tertiary/aromatic N) is 3. The molecule has 10 nitrogen and oxygen atoms in total. The summed E-state index contributed by atoms with van der Waals surface area (Å²) in [4.78, 5) is 38.9. The molecule has 3 aromatic rings. The lowest BCUT2D eigenvalue weighted by molar-refractivity contribution is -0.115. The fraction of sp³-hybridized carbons (Fsp3) is 0.435. The number of carbonyl (C=O) groups excluding carboxylic acids is 3. The number of anilines is 1.